The van der Waals surface area contributed by atoms with Crippen LogP contribution in [0.5, 0.6) is 0 Å². The van der Waals surface area contributed by atoms with Gasteiger partial charge in [-0.15, -0.1) is 12.4 Å². The normalized spacial score (nSPS) is 12.2. The van der Waals surface area contributed by atoms with E-state index in [0.717, 1.165) is 13.1 Å². The molecule has 0 saturated carbocycles. The topological polar surface area (TPSA) is 49.5 Å². The molecular formula is C12H21ClN2O. The molecule has 3 nitrogen and oxygen atoms in total. The average Bonchev–Trinajstić information content (AvgIpc) is 2.18. The lowest BCUT2D eigenvalue weighted by molar-refractivity contribution is 0.184. The first kappa shape index (κ1) is 15.4. The van der Waals surface area contributed by atoms with Gasteiger partial charge in [0.25, 0.3) is 0 Å². The number of halogens is 1. The van der Waals surface area contributed by atoms with Crippen molar-refractivity contribution in [2.75, 3.05) is 19.7 Å². The number of aliphatic hydroxyl groups excluding tert-OH is 1. The zero-order chi connectivity index (χ0) is 11.1. The minimum absolute atomic E-state index is 0. The monoisotopic (exact) mass is 244 g/mol. The molecule has 1 rings (SSSR count). The van der Waals surface area contributed by atoms with E-state index in [1.54, 1.807) is 0 Å². The average molecular weight is 245 g/mol. The van der Waals surface area contributed by atoms with E-state index in [0.29, 0.717) is 6.54 Å². The van der Waals surface area contributed by atoms with Gasteiger partial charge < -0.3 is 10.8 Å². The largest absolute Gasteiger partial charge is 0.395 e. The van der Waals surface area contributed by atoms with Crippen molar-refractivity contribution in [3.8, 4) is 0 Å². The summed E-state index contributed by atoms with van der Waals surface area (Å²) in [6.07, 6.45) is 0. The van der Waals surface area contributed by atoms with E-state index < -0.39 is 0 Å². The summed E-state index contributed by atoms with van der Waals surface area (Å²) in [5.74, 6) is 0. The maximum atomic E-state index is 8.95. The van der Waals surface area contributed by atoms with Crippen LogP contribution in [0.1, 0.15) is 12.5 Å². The fourth-order valence-corrected chi connectivity index (χ4v) is 1.63. The molecule has 0 aliphatic carbocycles. The number of hydrogen-bond acceptors (Lipinski definition) is 3. The number of aliphatic hydroxyl groups is 1. The molecule has 16 heavy (non-hydrogen) atoms. The first-order valence-electron chi connectivity index (χ1n) is 5.35. The summed E-state index contributed by atoms with van der Waals surface area (Å²) >= 11 is 0. The lowest BCUT2D eigenvalue weighted by Gasteiger charge is -2.23. The molecule has 0 aromatic heterocycles. The molecule has 0 bridgehead atoms. The number of nitrogens with two attached hydrogens (primary N) is 1. The first-order valence-corrected chi connectivity index (χ1v) is 5.35. The molecule has 1 aromatic carbocycles. The summed E-state index contributed by atoms with van der Waals surface area (Å²) in [7, 11) is 0. The molecule has 3 N–H and O–H groups in total. The van der Waals surface area contributed by atoms with Crippen molar-refractivity contribution in [1.82, 2.24) is 4.90 Å². The van der Waals surface area contributed by atoms with Gasteiger partial charge in [0.05, 0.1) is 6.61 Å². The summed E-state index contributed by atoms with van der Waals surface area (Å²) in [6.45, 7) is 4.50. The van der Waals surface area contributed by atoms with Crippen LogP contribution in [-0.4, -0.2) is 35.7 Å². The molecule has 1 atom stereocenters. The Kier molecular flexibility index (Phi) is 8.21. The van der Waals surface area contributed by atoms with Gasteiger partial charge in [0.15, 0.2) is 0 Å². The molecular weight excluding hydrogens is 224 g/mol. The van der Waals surface area contributed by atoms with Crippen LogP contribution < -0.4 is 5.73 Å². The van der Waals surface area contributed by atoms with Gasteiger partial charge in [-0.3, -0.25) is 4.90 Å². The van der Waals surface area contributed by atoms with Gasteiger partial charge in [-0.2, -0.15) is 0 Å². The highest BCUT2D eigenvalue weighted by molar-refractivity contribution is 5.85. The third-order valence-electron chi connectivity index (χ3n) is 2.21. The summed E-state index contributed by atoms with van der Waals surface area (Å²) in [6, 6.07) is 10.4. The smallest absolute Gasteiger partial charge is 0.0558 e. The lowest BCUT2D eigenvalue weighted by Crippen LogP contribution is -2.36. The number of nitrogens with zero attached hydrogens (tertiary/aromatic N) is 1. The Morgan fingerprint density at radius 2 is 1.94 bits per heavy atom. The van der Waals surface area contributed by atoms with Crippen LogP contribution in [0.15, 0.2) is 30.3 Å². The minimum Gasteiger partial charge on any atom is -0.395 e. The van der Waals surface area contributed by atoms with Crippen LogP contribution in [0, 0.1) is 0 Å². The zero-order valence-electron chi connectivity index (χ0n) is 9.67. The number of benzene rings is 1. The highest BCUT2D eigenvalue weighted by atomic mass is 35.5. The van der Waals surface area contributed by atoms with Gasteiger partial charge in [-0.05, 0) is 12.5 Å². The second-order valence-electron chi connectivity index (χ2n) is 3.92. The first-order chi connectivity index (χ1) is 7.22. The molecule has 0 heterocycles. The maximum Gasteiger partial charge on any atom is 0.0558 e. The second-order valence-corrected chi connectivity index (χ2v) is 3.92. The van der Waals surface area contributed by atoms with Crippen molar-refractivity contribution in [2.24, 2.45) is 5.73 Å². The highest BCUT2D eigenvalue weighted by Gasteiger charge is 2.07. The van der Waals surface area contributed by atoms with E-state index in [4.69, 9.17) is 10.8 Å². The van der Waals surface area contributed by atoms with Crippen molar-refractivity contribution >= 4 is 12.4 Å². The van der Waals surface area contributed by atoms with E-state index in [-0.39, 0.29) is 25.1 Å². The van der Waals surface area contributed by atoms with Gasteiger partial charge in [-0.1, -0.05) is 30.3 Å². The van der Waals surface area contributed by atoms with Gasteiger partial charge in [0.1, 0.15) is 0 Å². The Morgan fingerprint density at radius 3 is 2.44 bits per heavy atom. The van der Waals surface area contributed by atoms with Crippen LogP contribution in [0.3, 0.4) is 0 Å². The van der Waals surface area contributed by atoms with E-state index in [1.807, 2.05) is 25.1 Å². The van der Waals surface area contributed by atoms with Gasteiger partial charge in [-0.25, -0.2) is 0 Å². The quantitative estimate of drug-likeness (QED) is 0.792. The summed E-state index contributed by atoms with van der Waals surface area (Å²) in [4.78, 5) is 2.17. The van der Waals surface area contributed by atoms with E-state index in [2.05, 4.69) is 17.0 Å². The van der Waals surface area contributed by atoms with E-state index in [9.17, 15) is 0 Å². The molecule has 0 radical (unpaired) electrons. The molecule has 0 fully saturated rings. The molecule has 0 aliphatic heterocycles. The SMILES string of the molecule is CC(N)CN(CCO)Cc1ccccc1.Cl. The minimum atomic E-state index is 0. The van der Waals surface area contributed by atoms with E-state index >= 15 is 0 Å². The number of rotatable bonds is 6. The molecule has 0 spiro atoms. The van der Waals surface area contributed by atoms with Crippen LogP contribution in [0.2, 0.25) is 0 Å². The summed E-state index contributed by atoms with van der Waals surface area (Å²) in [5.41, 5.74) is 7.01. The second kappa shape index (κ2) is 8.53. The highest BCUT2D eigenvalue weighted by Crippen LogP contribution is 2.04. The number of hydrogen-bond donors (Lipinski definition) is 2. The van der Waals surface area contributed by atoms with Crippen LogP contribution >= 0.6 is 12.4 Å². The Balaban J connectivity index is 0.00000225. The Labute approximate surface area is 104 Å². The maximum absolute atomic E-state index is 8.95. The fourth-order valence-electron chi connectivity index (χ4n) is 1.63. The summed E-state index contributed by atoms with van der Waals surface area (Å²) < 4.78 is 0. The molecule has 0 amide bonds. The Bertz CT molecular complexity index is 267. The Hall–Kier alpha value is -0.610. The molecule has 0 aliphatic rings. The predicted octanol–water partition coefficient (Wildman–Crippen LogP) is 1.25. The molecule has 4 heteroatoms. The van der Waals surface area contributed by atoms with Crippen LogP contribution in [-0.2, 0) is 6.54 Å². The van der Waals surface area contributed by atoms with E-state index in [1.165, 1.54) is 5.56 Å². The zero-order valence-corrected chi connectivity index (χ0v) is 10.5. The summed E-state index contributed by atoms with van der Waals surface area (Å²) in [5, 5.41) is 8.95. The predicted molar refractivity (Wildman–Crippen MR) is 69.7 cm³/mol. The fraction of sp³-hybridized carbons (Fsp3) is 0.500. The third-order valence-corrected chi connectivity index (χ3v) is 2.21. The molecule has 1 aromatic rings. The molecule has 92 valence electrons. The van der Waals surface area contributed by atoms with Crippen molar-refractivity contribution < 1.29 is 5.11 Å². The lowest BCUT2D eigenvalue weighted by atomic mass is 10.2. The van der Waals surface area contributed by atoms with Gasteiger partial charge >= 0.3 is 0 Å². The van der Waals surface area contributed by atoms with Crippen LogP contribution in [0.4, 0.5) is 0 Å². The van der Waals surface area contributed by atoms with Crippen molar-refractivity contribution in [2.45, 2.75) is 19.5 Å². The Morgan fingerprint density at radius 1 is 1.31 bits per heavy atom. The molecule has 0 saturated heterocycles. The van der Waals surface area contributed by atoms with Crippen molar-refractivity contribution in [3.05, 3.63) is 35.9 Å². The van der Waals surface area contributed by atoms with Crippen molar-refractivity contribution in [3.63, 3.8) is 0 Å². The van der Waals surface area contributed by atoms with Crippen LogP contribution in [0.25, 0.3) is 0 Å². The van der Waals surface area contributed by atoms with Gasteiger partial charge in [0.2, 0.25) is 0 Å². The standard InChI is InChI=1S/C12H20N2O.ClH/c1-11(13)9-14(7-8-15)10-12-5-3-2-4-6-12;/h2-6,11,15H,7-10,13H2,1H3;1H. The molecule has 1 unspecified atom stereocenters. The van der Waals surface area contributed by atoms with Gasteiger partial charge in [0, 0.05) is 25.7 Å². The third kappa shape index (κ3) is 6.08. The van der Waals surface area contributed by atoms with Crippen molar-refractivity contribution in [1.29, 1.82) is 0 Å².